The first-order valence-corrected chi connectivity index (χ1v) is 8.11. The van der Waals surface area contributed by atoms with Crippen molar-refractivity contribution in [2.24, 2.45) is 11.1 Å². The second-order valence-corrected chi connectivity index (χ2v) is 7.81. The van der Waals surface area contributed by atoms with Crippen LogP contribution in [0.1, 0.15) is 23.0 Å². The van der Waals surface area contributed by atoms with Gasteiger partial charge < -0.3 is 10.8 Å². The molecule has 1 saturated heterocycles. The number of amides is 1. The van der Waals surface area contributed by atoms with Gasteiger partial charge >= 0.3 is 5.97 Å². The van der Waals surface area contributed by atoms with Crippen LogP contribution in [0.25, 0.3) is 0 Å². The molecule has 2 heterocycles. The molecule has 0 aromatic carbocycles. The van der Waals surface area contributed by atoms with Crippen LogP contribution in [0, 0.1) is 5.41 Å². The van der Waals surface area contributed by atoms with E-state index in [1.54, 1.807) is 6.92 Å². The van der Waals surface area contributed by atoms with E-state index in [9.17, 15) is 18.0 Å². The lowest BCUT2D eigenvalue weighted by Gasteiger charge is -2.20. The largest absolute Gasteiger partial charge is 0.477 e. The van der Waals surface area contributed by atoms with Gasteiger partial charge in [-0.1, -0.05) is 0 Å². The Morgan fingerprint density at radius 1 is 1.50 bits per heavy atom. The zero-order valence-electron chi connectivity index (χ0n) is 10.7. The molecule has 2 rings (SSSR count). The summed E-state index contributed by atoms with van der Waals surface area (Å²) in [6.07, 6.45) is 0.359. The molecule has 3 N–H and O–H groups in total. The Morgan fingerprint density at radius 2 is 2.15 bits per heavy atom. The molecule has 20 heavy (non-hydrogen) atoms. The number of carbonyl (C=O) groups is 2. The predicted octanol–water partition coefficient (Wildman–Crippen LogP) is 0.332. The normalized spacial score (nSPS) is 23.9. The van der Waals surface area contributed by atoms with E-state index in [2.05, 4.69) is 0 Å². The van der Waals surface area contributed by atoms with Crippen LogP contribution in [0.15, 0.2) is 16.3 Å². The van der Waals surface area contributed by atoms with Gasteiger partial charge in [-0.3, -0.25) is 4.79 Å². The van der Waals surface area contributed by atoms with Crippen LogP contribution in [0.4, 0.5) is 0 Å². The van der Waals surface area contributed by atoms with Gasteiger partial charge in [0.05, 0.1) is 10.3 Å². The van der Waals surface area contributed by atoms with Crippen LogP contribution in [-0.4, -0.2) is 42.8 Å². The van der Waals surface area contributed by atoms with E-state index >= 15 is 0 Å². The van der Waals surface area contributed by atoms with Crippen molar-refractivity contribution in [3.8, 4) is 0 Å². The summed E-state index contributed by atoms with van der Waals surface area (Å²) in [4.78, 5) is 22.0. The fourth-order valence-corrected chi connectivity index (χ4v) is 4.70. The Balaban J connectivity index is 2.28. The summed E-state index contributed by atoms with van der Waals surface area (Å²) in [5.74, 6) is -1.70. The predicted molar refractivity (Wildman–Crippen MR) is 72.0 cm³/mol. The zero-order chi connectivity index (χ0) is 15.1. The van der Waals surface area contributed by atoms with E-state index in [1.807, 2.05) is 0 Å². The van der Waals surface area contributed by atoms with Crippen LogP contribution in [0.3, 0.4) is 0 Å². The molecule has 1 aromatic rings. The van der Waals surface area contributed by atoms with Crippen molar-refractivity contribution in [2.75, 3.05) is 13.1 Å². The van der Waals surface area contributed by atoms with Crippen molar-refractivity contribution in [3.63, 3.8) is 0 Å². The summed E-state index contributed by atoms with van der Waals surface area (Å²) in [6.45, 7) is 1.84. The number of carbonyl (C=O) groups excluding carboxylic acids is 1. The van der Waals surface area contributed by atoms with Crippen molar-refractivity contribution < 1.29 is 23.1 Å². The lowest BCUT2D eigenvalue weighted by atomic mass is 9.89. The van der Waals surface area contributed by atoms with E-state index in [0.29, 0.717) is 6.42 Å². The minimum atomic E-state index is -3.78. The fourth-order valence-electron chi connectivity index (χ4n) is 2.04. The Morgan fingerprint density at radius 3 is 2.60 bits per heavy atom. The highest BCUT2D eigenvalue weighted by Gasteiger charge is 2.43. The van der Waals surface area contributed by atoms with Gasteiger partial charge in [0.25, 0.3) is 0 Å². The fraction of sp³-hybridized carbons (Fsp3) is 0.455. The zero-order valence-corrected chi connectivity index (χ0v) is 12.3. The number of nitrogens with zero attached hydrogens (tertiary/aromatic N) is 1. The monoisotopic (exact) mass is 318 g/mol. The van der Waals surface area contributed by atoms with Crippen molar-refractivity contribution in [2.45, 2.75) is 18.2 Å². The molecule has 0 saturated carbocycles. The SMILES string of the molecule is CC1(C(N)=O)CCN(S(=O)(=O)c2csc(C(=O)O)c2)C1. The molecule has 0 radical (unpaired) electrons. The first kappa shape index (κ1) is 14.9. The molecule has 1 aliphatic heterocycles. The number of carboxylic acid groups (broad SMARTS) is 1. The van der Waals surface area contributed by atoms with Crippen LogP contribution >= 0.6 is 11.3 Å². The summed E-state index contributed by atoms with van der Waals surface area (Å²) in [6, 6.07) is 1.13. The van der Waals surface area contributed by atoms with Gasteiger partial charge in [0, 0.05) is 18.5 Å². The summed E-state index contributed by atoms with van der Waals surface area (Å²) in [5, 5.41) is 10.1. The van der Waals surface area contributed by atoms with Crippen molar-refractivity contribution in [1.82, 2.24) is 4.31 Å². The van der Waals surface area contributed by atoms with Gasteiger partial charge in [0.2, 0.25) is 15.9 Å². The second kappa shape index (κ2) is 4.83. The van der Waals surface area contributed by atoms with Crippen molar-refractivity contribution in [1.29, 1.82) is 0 Å². The third-order valence-electron chi connectivity index (χ3n) is 3.46. The second-order valence-electron chi connectivity index (χ2n) is 4.97. The van der Waals surface area contributed by atoms with Gasteiger partial charge in [-0.2, -0.15) is 4.31 Å². The van der Waals surface area contributed by atoms with Gasteiger partial charge in [0.15, 0.2) is 0 Å². The number of nitrogens with two attached hydrogens (primary N) is 1. The summed E-state index contributed by atoms with van der Waals surface area (Å²) >= 11 is 0.853. The number of carboxylic acids is 1. The van der Waals surface area contributed by atoms with Gasteiger partial charge in [-0.05, 0) is 19.4 Å². The van der Waals surface area contributed by atoms with Crippen LogP contribution in [-0.2, 0) is 14.8 Å². The van der Waals surface area contributed by atoms with Crippen LogP contribution in [0.5, 0.6) is 0 Å². The molecule has 1 atom stereocenters. The van der Waals surface area contributed by atoms with Crippen LogP contribution in [0.2, 0.25) is 0 Å². The molecule has 0 aliphatic carbocycles. The third-order valence-corrected chi connectivity index (χ3v) is 6.35. The molecule has 1 unspecified atom stereocenters. The lowest BCUT2D eigenvalue weighted by molar-refractivity contribution is -0.126. The minimum absolute atomic E-state index is 0.0168. The molecule has 1 aliphatic rings. The Hall–Kier alpha value is -1.45. The average molecular weight is 318 g/mol. The number of thiophene rings is 1. The number of hydrogen-bond donors (Lipinski definition) is 2. The Labute approximate surface area is 120 Å². The Bertz CT molecular complexity index is 666. The molecule has 0 bridgehead atoms. The van der Waals surface area contributed by atoms with E-state index in [1.165, 1.54) is 9.69 Å². The van der Waals surface area contributed by atoms with Gasteiger partial charge in [0.1, 0.15) is 4.88 Å². The average Bonchev–Trinajstić information content (AvgIpc) is 2.96. The topological polar surface area (TPSA) is 118 Å². The number of aromatic carboxylic acids is 1. The smallest absolute Gasteiger partial charge is 0.345 e. The molecular formula is C11H14N2O5S2. The van der Waals surface area contributed by atoms with Crippen molar-refractivity contribution >= 4 is 33.2 Å². The highest BCUT2D eigenvalue weighted by Crippen LogP contribution is 2.34. The molecule has 9 heteroatoms. The molecule has 110 valence electrons. The first-order valence-electron chi connectivity index (χ1n) is 5.79. The minimum Gasteiger partial charge on any atom is -0.477 e. The third kappa shape index (κ3) is 2.43. The summed E-state index contributed by atoms with van der Waals surface area (Å²) in [5.41, 5.74) is 4.41. The van der Waals surface area contributed by atoms with E-state index < -0.39 is 27.3 Å². The maximum atomic E-state index is 12.4. The number of hydrogen-bond acceptors (Lipinski definition) is 5. The first-order chi connectivity index (χ1) is 9.17. The summed E-state index contributed by atoms with van der Waals surface area (Å²) < 4.78 is 25.9. The molecule has 1 aromatic heterocycles. The number of primary amides is 1. The van der Waals surface area contributed by atoms with Crippen LogP contribution < -0.4 is 5.73 Å². The lowest BCUT2D eigenvalue weighted by Crippen LogP contribution is -2.38. The number of sulfonamides is 1. The van der Waals surface area contributed by atoms with Gasteiger partial charge in [-0.15, -0.1) is 11.3 Å². The quantitative estimate of drug-likeness (QED) is 0.829. The van der Waals surface area contributed by atoms with E-state index in [-0.39, 0.29) is 22.9 Å². The Kier molecular flexibility index (Phi) is 3.61. The molecule has 1 fully saturated rings. The van der Waals surface area contributed by atoms with E-state index in [0.717, 1.165) is 17.4 Å². The van der Waals surface area contributed by atoms with Crippen molar-refractivity contribution in [3.05, 3.63) is 16.3 Å². The maximum Gasteiger partial charge on any atom is 0.345 e. The maximum absolute atomic E-state index is 12.4. The van der Waals surface area contributed by atoms with Gasteiger partial charge in [-0.25, -0.2) is 13.2 Å². The standard InChI is InChI=1S/C11H14N2O5S2/c1-11(10(12)16)2-3-13(6-11)20(17,18)7-4-8(9(14)15)19-5-7/h4-5H,2-3,6H2,1H3,(H2,12,16)(H,14,15). The molecule has 1 amide bonds. The highest BCUT2D eigenvalue weighted by molar-refractivity contribution is 7.89. The van der Waals surface area contributed by atoms with E-state index in [4.69, 9.17) is 10.8 Å². The highest BCUT2D eigenvalue weighted by atomic mass is 32.2. The molecule has 0 spiro atoms. The molecule has 7 nitrogen and oxygen atoms in total. The number of rotatable bonds is 4. The summed E-state index contributed by atoms with van der Waals surface area (Å²) in [7, 11) is -3.78. The molecular weight excluding hydrogens is 304 g/mol.